The van der Waals surface area contributed by atoms with Crippen LogP contribution in [0.25, 0.3) is 0 Å². The Labute approximate surface area is 210 Å². The summed E-state index contributed by atoms with van der Waals surface area (Å²) in [4.78, 5) is 22.4. The molecule has 3 N–H and O–H groups in total. The molecule has 1 atom stereocenters. The number of anilines is 2. The van der Waals surface area contributed by atoms with Crippen LogP contribution in [0, 0.1) is 0 Å². The van der Waals surface area contributed by atoms with Gasteiger partial charge in [-0.15, -0.1) is 24.0 Å². The van der Waals surface area contributed by atoms with E-state index in [2.05, 4.69) is 30.8 Å². The van der Waals surface area contributed by atoms with Crippen molar-refractivity contribution in [3.8, 4) is 5.75 Å². The van der Waals surface area contributed by atoms with Crippen molar-refractivity contribution in [1.82, 2.24) is 15.6 Å². The zero-order chi connectivity index (χ0) is 21.6. The van der Waals surface area contributed by atoms with E-state index in [1.165, 1.54) is 0 Å². The van der Waals surface area contributed by atoms with Crippen molar-refractivity contribution < 1.29 is 9.53 Å². The molecule has 10 heteroatoms. The standard InChI is InChI=1S/C22H27ClN6O2.HI/c1-24-22(27-16-8-11-29(14-16)21-18(23)3-2-9-25-21)26-10-12-31-17-5-6-19-15(13-17)4-7-20(30)28-19;/h2-3,5-6,9,13,16H,4,7-8,10-12,14H2,1H3,(H,28,30)(H2,24,26,27);1H. The Morgan fingerprint density at radius 2 is 2.25 bits per heavy atom. The lowest BCUT2D eigenvalue weighted by Gasteiger charge is -2.20. The van der Waals surface area contributed by atoms with Gasteiger partial charge >= 0.3 is 0 Å². The van der Waals surface area contributed by atoms with Crippen molar-refractivity contribution in [2.24, 2.45) is 4.99 Å². The number of hydrogen-bond acceptors (Lipinski definition) is 5. The van der Waals surface area contributed by atoms with E-state index in [1.807, 2.05) is 30.3 Å². The van der Waals surface area contributed by atoms with Gasteiger partial charge < -0.3 is 25.6 Å². The predicted octanol–water partition coefficient (Wildman–Crippen LogP) is 3.06. The van der Waals surface area contributed by atoms with Crippen molar-refractivity contribution in [1.29, 1.82) is 0 Å². The minimum Gasteiger partial charge on any atom is -0.492 e. The topological polar surface area (TPSA) is 90.9 Å². The van der Waals surface area contributed by atoms with E-state index in [-0.39, 0.29) is 35.9 Å². The molecule has 0 saturated carbocycles. The van der Waals surface area contributed by atoms with Crippen molar-refractivity contribution in [2.45, 2.75) is 25.3 Å². The fourth-order valence-electron chi connectivity index (χ4n) is 3.86. The Kier molecular flexibility index (Phi) is 8.80. The van der Waals surface area contributed by atoms with Gasteiger partial charge in [0.25, 0.3) is 0 Å². The van der Waals surface area contributed by atoms with Gasteiger partial charge in [-0.05, 0) is 48.7 Å². The van der Waals surface area contributed by atoms with Crippen LogP contribution in [0.15, 0.2) is 41.5 Å². The zero-order valence-electron chi connectivity index (χ0n) is 17.9. The van der Waals surface area contributed by atoms with Crippen LogP contribution in [0.2, 0.25) is 5.02 Å². The highest BCUT2D eigenvalue weighted by molar-refractivity contribution is 14.0. The Morgan fingerprint density at radius 1 is 1.38 bits per heavy atom. The fourth-order valence-corrected chi connectivity index (χ4v) is 4.10. The van der Waals surface area contributed by atoms with Crippen LogP contribution in [0.1, 0.15) is 18.4 Å². The molecule has 2 aromatic rings. The second-order valence-corrected chi connectivity index (χ2v) is 8.01. The first-order valence-electron chi connectivity index (χ1n) is 10.5. The summed E-state index contributed by atoms with van der Waals surface area (Å²) in [6.07, 6.45) is 4.01. The number of halogens is 2. The second kappa shape index (κ2) is 11.6. The quantitative estimate of drug-likeness (QED) is 0.214. The maximum Gasteiger partial charge on any atom is 0.224 e. The number of pyridine rings is 1. The van der Waals surface area contributed by atoms with E-state index < -0.39 is 0 Å². The number of aliphatic imine (C=N–C) groups is 1. The van der Waals surface area contributed by atoms with Crippen LogP contribution in [0.4, 0.5) is 11.5 Å². The first-order chi connectivity index (χ1) is 15.1. The monoisotopic (exact) mass is 570 g/mol. The molecule has 1 saturated heterocycles. The molecule has 0 aliphatic carbocycles. The summed E-state index contributed by atoms with van der Waals surface area (Å²) < 4.78 is 5.86. The summed E-state index contributed by atoms with van der Waals surface area (Å²) in [5.74, 6) is 2.45. The third-order valence-electron chi connectivity index (χ3n) is 5.43. The molecule has 2 aliphatic heterocycles. The number of hydrogen-bond donors (Lipinski definition) is 3. The molecule has 0 spiro atoms. The number of carbonyl (C=O) groups is 1. The Balaban J connectivity index is 0.00000289. The van der Waals surface area contributed by atoms with Gasteiger partial charge in [0.1, 0.15) is 18.2 Å². The largest absolute Gasteiger partial charge is 0.492 e. The predicted molar refractivity (Wildman–Crippen MR) is 139 cm³/mol. The molecule has 4 rings (SSSR count). The maximum atomic E-state index is 11.5. The molecular weight excluding hydrogens is 543 g/mol. The molecule has 3 heterocycles. The number of ether oxygens (including phenoxy) is 1. The maximum absolute atomic E-state index is 11.5. The Hall–Kier alpha value is -2.27. The third kappa shape index (κ3) is 6.16. The Morgan fingerprint density at radius 3 is 3.06 bits per heavy atom. The van der Waals surface area contributed by atoms with Gasteiger partial charge in [-0.3, -0.25) is 9.79 Å². The van der Waals surface area contributed by atoms with Crippen molar-refractivity contribution in [3.05, 3.63) is 47.1 Å². The van der Waals surface area contributed by atoms with Crippen LogP contribution in [0.5, 0.6) is 5.75 Å². The van der Waals surface area contributed by atoms with Gasteiger partial charge in [-0.2, -0.15) is 0 Å². The summed E-state index contributed by atoms with van der Waals surface area (Å²) in [6.45, 7) is 2.84. The van der Waals surface area contributed by atoms with E-state index in [0.29, 0.717) is 24.6 Å². The van der Waals surface area contributed by atoms with Gasteiger partial charge in [0, 0.05) is 44.5 Å². The summed E-state index contributed by atoms with van der Waals surface area (Å²) >= 11 is 6.27. The van der Waals surface area contributed by atoms with Gasteiger partial charge in [0.2, 0.25) is 5.91 Å². The summed E-state index contributed by atoms with van der Waals surface area (Å²) in [5, 5.41) is 10.3. The molecule has 0 radical (unpaired) electrons. The number of benzene rings is 1. The number of guanidine groups is 1. The number of aryl methyl sites for hydroxylation is 1. The highest BCUT2D eigenvalue weighted by Crippen LogP contribution is 2.27. The lowest BCUT2D eigenvalue weighted by molar-refractivity contribution is -0.116. The average molecular weight is 571 g/mol. The summed E-state index contributed by atoms with van der Waals surface area (Å²) in [5.41, 5.74) is 1.99. The fraction of sp³-hybridized carbons (Fsp3) is 0.409. The van der Waals surface area contributed by atoms with Crippen LogP contribution in [0.3, 0.4) is 0 Å². The first kappa shape index (κ1) is 24.4. The van der Waals surface area contributed by atoms with E-state index >= 15 is 0 Å². The molecule has 8 nitrogen and oxygen atoms in total. The van der Waals surface area contributed by atoms with Crippen LogP contribution in [-0.2, 0) is 11.2 Å². The van der Waals surface area contributed by atoms with Crippen molar-refractivity contribution >= 4 is 58.9 Å². The van der Waals surface area contributed by atoms with Gasteiger partial charge in [-0.25, -0.2) is 4.98 Å². The number of rotatable bonds is 6. The molecular formula is C22H28ClIN6O2. The molecule has 1 unspecified atom stereocenters. The highest BCUT2D eigenvalue weighted by atomic mass is 127. The average Bonchev–Trinajstić information content (AvgIpc) is 3.24. The summed E-state index contributed by atoms with van der Waals surface area (Å²) in [6, 6.07) is 9.75. The zero-order valence-corrected chi connectivity index (χ0v) is 21.0. The highest BCUT2D eigenvalue weighted by Gasteiger charge is 2.25. The number of carbonyl (C=O) groups excluding carboxylic acids is 1. The third-order valence-corrected chi connectivity index (χ3v) is 5.72. The SMILES string of the molecule is CN=C(NCCOc1ccc2c(c1)CCC(=O)N2)NC1CCN(c2ncccc2Cl)C1.I. The minimum atomic E-state index is 0. The second-order valence-electron chi connectivity index (χ2n) is 7.60. The number of fused-ring (bicyclic) bond motifs is 1. The van der Waals surface area contributed by atoms with Crippen LogP contribution in [-0.4, -0.2) is 56.2 Å². The van der Waals surface area contributed by atoms with E-state index in [4.69, 9.17) is 16.3 Å². The molecule has 1 aromatic heterocycles. The molecule has 1 fully saturated rings. The number of amides is 1. The molecule has 172 valence electrons. The molecule has 1 amide bonds. The lowest BCUT2D eigenvalue weighted by atomic mass is 10.0. The lowest BCUT2D eigenvalue weighted by Crippen LogP contribution is -2.45. The number of aromatic nitrogens is 1. The minimum absolute atomic E-state index is 0. The molecule has 32 heavy (non-hydrogen) atoms. The summed E-state index contributed by atoms with van der Waals surface area (Å²) in [7, 11) is 1.76. The molecule has 2 aliphatic rings. The van der Waals surface area contributed by atoms with Crippen molar-refractivity contribution in [2.75, 3.05) is 43.5 Å². The van der Waals surface area contributed by atoms with E-state index in [9.17, 15) is 4.79 Å². The normalized spacial score (nSPS) is 17.8. The van der Waals surface area contributed by atoms with Gasteiger partial charge in [0.05, 0.1) is 11.6 Å². The smallest absolute Gasteiger partial charge is 0.224 e. The number of nitrogens with zero attached hydrogens (tertiary/aromatic N) is 3. The Bertz CT molecular complexity index is 973. The first-order valence-corrected chi connectivity index (χ1v) is 10.9. The van der Waals surface area contributed by atoms with E-state index in [0.717, 1.165) is 54.7 Å². The van der Waals surface area contributed by atoms with Crippen LogP contribution < -0.4 is 25.6 Å². The molecule has 1 aromatic carbocycles. The van der Waals surface area contributed by atoms with Gasteiger partial charge in [-0.1, -0.05) is 11.6 Å². The van der Waals surface area contributed by atoms with Crippen LogP contribution >= 0.6 is 35.6 Å². The van der Waals surface area contributed by atoms with E-state index in [1.54, 1.807) is 13.2 Å². The van der Waals surface area contributed by atoms with Crippen molar-refractivity contribution in [3.63, 3.8) is 0 Å². The van der Waals surface area contributed by atoms with Gasteiger partial charge in [0.15, 0.2) is 5.96 Å². The number of nitrogens with one attached hydrogen (secondary N) is 3. The molecule has 0 bridgehead atoms.